The van der Waals surface area contributed by atoms with E-state index in [1.54, 1.807) is 43.8 Å². The number of nitrogens with one attached hydrogen (secondary N) is 1. The largest absolute Gasteiger partial charge is 0.490 e. The average Bonchev–Trinajstić information content (AvgIpc) is 2.65. The number of rotatable bonds is 9. The highest BCUT2D eigenvalue weighted by Gasteiger charge is 2.18. The van der Waals surface area contributed by atoms with Crippen molar-refractivity contribution in [3.8, 4) is 5.75 Å². The zero-order valence-electron chi connectivity index (χ0n) is 14.8. The van der Waals surface area contributed by atoms with Crippen LogP contribution in [-0.2, 0) is 9.53 Å². The molecule has 0 fully saturated rings. The molecule has 0 bridgehead atoms. The van der Waals surface area contributed by atoms with Crippen LogP contribution < -0.4 is 10.1 Å². The van der Waals surface area contributed by atoms with E-state index in [-0.39, 0.29) is 5.92 Å². The predicted molar refractivity (Wildman–Crippen MR) is 99.4 cm³/mol. The van der Waals surface area contributed by atoms with Crippen molar-refractivity contribution in [2.45, 2.75) is 18.9 Å². The summed E-state index contributed by atoms with van der Waals surface area (Å²) in [6.45, 7) is 3.26. The Bertz CT molecular complexity index is 726. The third kappa shape index (κ3) is 5.98. The van der Waals surface area contributed by atoms with Gasteiger partial charge in [-0.2, -0.15) is 0 Å². The first kappa shape index (κ1) is 20.2. The van der Waals surface area contributed by atoms with Gasteiger partial charge in [-0.25, -0.2) is 0 Å². The predicted octanol–water partition coefficient (Wildman–Crippen LogP) is 2.71. The minimum absolute atomic E-state index is 0.00369. The van der Waals surface area contributed by atoms with Crippen LogP contribution in [0, 0.1) is 0 Å². The molecule has 0 radical (unpaired) electrons. The number of ether oxygens (including phenoxy) is 2. The number of methoxy groups -OCH3 is 1. The summed E-state index contributed by atoms with van der Waals surface area (Å²) in [7, 11) is 1.61. The molecule has 0 saturated heterocycles. The van der Waals surface area contributed by atoms with Gasteiger partial charge in [0.1, 0.15) is 12.4 Å². The highest BCUT2D eigenvalue weighted by Crippen LogP contribution is 2.20. The summed E-state index contributed by atoms with van der Waals surface area (Å²) < 4.78 is 10.5. The summed E-state index contributed by atoms with van der Waals surface area (Å²) in [5.74, 6) is 0.181. The number of hydrogen-bond acceptors (Lipinski definition) is 5. The van der Waals surface area contributed by atoms with Crippen molar-refractivity contribution >= 4 is 17.5 Å². The van der Waals surface area contributed by atoms with Gasteiger partial charge in [-0.3, -0.25) is 9.78 Å². The van der Waals surface area contributed by atoms with E-state index < -0.39 is 12.0 Å². The molecule has 26 heavy (non-hydrogen) atoms. The van der Waals surface area contributed by atoms with Crippen molar-refractivity contribution < 1.29 is 19.4 Å². The molecule has 1 aromatic carbocycles. The lowest BCUT2D eigenvalue weighted by atomic mass is 10.0. The molecule has 0 aliphatic rings. The summed E-state index contributed by atoms with van der Waals surface area (Å²) in [6, 6.07) is 8.49. The number of carbonyl (C=O) groups is 1. The van der Waals surface area contributed by atoms with E-state index >= 15 is 0 Å². The molecule has 2 atom stereocenters. The van der Waals surface area contributed by atoms with Gasteiger partial charge in [-0.15, -0.1) is 0 Å². The van der Waals surface area contributed by atoms with Crippen LogP contribution in [0.2, 0.25) is 5.02 Å². The number of amides is 1. The lowest BCUT2D eigenvalue weighted by Crippen LogP contribution is -2.32. The minimum atomic E-state index is -1.26. The maximum atomic E-state index is 12.2. The first-order valence-corrected chi connectivity index (χ1v) is 8.67. The average molecular weight is 379 g/mol. The number of aliphatic hydroxyl groups is 1. The quantitative estimate of drug-likeness (QED) is 0.656. The molecule has 140 valence electrons. The number of aromatic nitrogens is 1. The molecular weight excluding hydrogens is 356 g/mol. The Morgan fingerprint density at radius 3 is 2.81 bits per heavy atom. The Labute approximate surface area is 158 Å². The molecule has 2 unspecified atom stereocenters. The number of halogens is 1. The van der Waals surface area contributed by atoms with Crippen molar-refractivity contribution in [2.24, 2.45) is 0 Å². The normalized spacial score (nSPS) is 13.1. The fraction of sp³-hybridized carbons (Fsp3) is 0.368. The van der Waals surface area contributed by atoms with E-state index in [0.717, 1.165) is 5.56 Å². The maximum Gasteiger partial charge on any atom is 0.253 e. The summed E-state index contributed by atoms with van der Waals surface area (Å²) in [5, 5.41) is 13.4. The van der Waals surface area contributed by atoms with E-state index in [1.165, 1.54) is 0 Å². The lowest BCUT2D eigenvalue weighted by molar-refractivity contribution is -0.129. The number of pyridine rings is 1. The number of benzene rings is 1. The molecule has 1 heterocycles. The van der Waals surface area contributed by atoms with Crippen LogP contribution in [0.4, 0.5) is 0 Å². The Morgan fingerprint density at radius 2 is 2.08 bits per heavy atom. The van der Waals surface area contributed by atoms with E-state index in [0.29, 0.717) is 36.1 Å². The monoisotopic (exact) mass is 378 g/mol. The second kappa shape index (κ2) is 10.1. The van der Waals surface area contributed by atoms with E-state index in [4.69, 9.17) is 21.1 Å². The first-order valence-electron chi connectivity index (χ1n) is 8.29. The Hall–Kier alpha value is -2.15. The third-order valence-electron chi connectivity index (χ3n) is 3.85. The molecule has 2 aromatic rings. The van der Waals surface area contributed by atoms with Gasteiger partial charge in [-0.05, 0) is 29.3 Å². The molecule has 2 N–H and O–H groups in total. The molecule has 1 amide bonds. The van der Waals surface area contributed by atoms with Gasteiger partial charge in [0, 0.05) is 30.8 Å². The van der Waals surface area contributed by atoms with E-state index in [2.05, 4.69) is 10.3 Å². The van der Waals surface area contributed by atoms with Crippen molar-refractivity contribution in [2.75, 3.05) is 26.9 Å². The summed E-state index contributed by atoms with van der Waals surface area (Å²) in [4.78, 5) is 16.3. The van der Waals surface area contributed by atoms with Gasteiger partial charge in [0.15, 0.2) is 6.10 Å². The fourth-order valence-electron chi connectivity index (χ4n) is 2.32. The second-order valence-electron chi connectivity index (χ2n) is 5.90. The van der Waals surface area contributed by atoms with Gasteiger partial charge >= 0.3 is 0 Å². The molecule has 0 aliphatic heterocycles. The standard InChI is InChI=1S/C19H23ClN2O4/c1-13(15-9-17(12-21-11-15)26-7-6-25-2)10-22-19(24)18(23)14-4-3-5-16(20)8-14/h3-5,8-9,11-13,18,23H,6-7,10H2,1-2H3,(H,22,24). The summed E-state index contributed by atoms with van der Waals surface area (Å²) in [5.41, 5.74) is 1.38. The zero-order chi connectivity index (χ0) is 18.9. The van der Waals surface area contributed by atoms with Gasteiger partial charge in [0.25, 0.3) is 5.91 Å². The van der Waals surface area contributed by atoms with Crippen LogP contribution in [0.25, 0.3) is 0 Å². The summed E-state index contributed by atoms with van der Waals surface area (Å²) >= 11 is 5.89. The molecule has 0 spiro atoms. The Balaban J connectivity index is 1.90. The molecule has 1 aromatic heterocycles. The highest BCUT2D eigenvalue weighted by molar-refractivity contribution is 6.30. The lowest BCUT2D eigenvalue weighted by Gasteiger charge is -2.16. The van der Waals surface area contributed by atoms with Crippen LogP contribution in [0.3, 0.4) is 0 Å². The van der Waals surface area contributed by atoms with Crippen LogP contribution in [0.5, 0.6) is 5.75 Å². The SMILES string of the molecule is COCCOc1cncc(C(C)CNC(=O)C(O)c2cccc(Cl)c2)c1. The van der Waals surface area contributed by atoms with E-state index in [1.807, 2.05) is 13.0 Å². The fourth-order valence-corrected chi connectivity index (χ4v) is 2.52. The van der Waals surface area contributed by atoms with Gasteiger partial charge in [0.2, 0.25) is 0 Å². The van der Waals surface area contributed by atoms with Crippen molar-refractivity contribution in [3.63, 3.8) is 0 Å². The van der Waals surface area contributed by atoms with Crippen LogP contribution >= 0.6 is 11.6 Å². The van der Waals surface area contributed by atoms with E-state index in [9.17, 15) is 9.90 Å². The maximum absolute atomic E-state index is 12.2. The Kier molecular flexibility index (Phi) is 7.84. The smallest absolute Gasteiger partial charge is 0.253 e. The molecule has 7 heteroatoms. The summed E-state index contributed by atoms with van der Waals surface area (Å²) in [6.07, 6.45) is 2.10. The van der Waals surface area contributed by atoms with Gasteiger partial charge in [0.05, 0.1) is 12.8 Å². The molecule has 6 nitrogen and oxygen atoms in total. The molecule has 0 aliphatic carbocycles. The van der Waals surface area contributed by atoms with Crippen molar-refractivity contribution in [1.29, 1.82) is 0 Å². The third-order valence-corrected chi connectivity index (χ3v) is 4.09. The first-order chi connectivity index (χ1) is 12.5. The van der Waals surface area contributed by atoms with Gasteiger partial charge in [-0.1, -0.05) is 30.7 Å². The van der Waals surface area contributed by atoms with Crippen LogP contribution in [0.1, 0.15) is 30.1 Å². The molecule has 0 saturated carbocycles. The van der Waals surface area contributed by atoms with Crippen molar-refractivity contribution in [3.05, 3.63) is 58.9 Å². The second-order valence-corrected chi connectivity index (χ2v) is 6.34. The minimum Gasteiger partial charge on any atom is -0.490 e. The zero-order valence-corrected chi connectivity index (χ0v) is 15.6. The number of aliphatic hydroxyl groups excluding tert-OH is 1. The number of carbonyl (C=O) groups excluding carboxylic acids is 1. The number of nitrogens with zero attached hydrogens (tertiary/aromatic N) is 1. The Morgan fingerprint density at radius 1 is 1.27 bits per heavy atom. The molecular formula is C19H23ClN2O4. The molecule has 2 rings (SSSR count). The van der Waals surface area contributed by atoms with Crippen molar-refractivity contribution in [1.82, 2.24) is 10.3 Å². The number of hydrogen-bond donors (Lipinski definition) is 2. The topological polar surface area (TPSA) is 80.7 Å². The van der Waals surface area contributed by atoms with Gasteiger partial charge < -0.3 is 19.9 Å². The highest BCUT2D eigenvalue weighted by atomic mass is 35.5. The van der Waals surface area contributed by atoms with Crippen LogP contribution in [-0.4, -0.2) is 42.9 Å². The van der Waals surface area contributed by atoms with Crippen LogP contribution in [0.15, 0.2) is 42.7 Å².